The number of benzene rings is 1. The van der Waals surface area contributed by atoms with Gasteiger partial charge in [0, 0.05) is 10.6 Å². The average molecular weight is 207 g/mol. The molecule has 1 aromatic carbocycles. The molecule has 1 N–H and O–H groups in total. The quantitative estimate of drug-likeness (QED) is 0.709. The molecule has 0 atom stereocenters. The van der Waals surface area contributed by atoms with Crippen molar-refractivity contribution in [2.24, 2.45) is 0 Å². The van der Waals surface area contributed by atoms with E-state index in [9.17, 15) is 4.79 Å². The van der Waals surface area contributed by atoms with Crippen molar-refractivity contribution in [2.45, 2.75) is 31.2 Å². The van der Waals surface area contributed by atoms with Crippen molar-refractivity contribution in [3.05, 3.63) is 23.8 Å². The molecule has 0 aromatic heterocycles. The van der Waals surface area contributed by atoms with Crippen LogP contribution >= 0.6 is 11.8 Å². The first-order chi connectivity index (χ1) is 6.50. The molecule has 1 aliphatic rings. The summed E-state index contributed by atoms with van der Waals surface area (Å²) in [7, 11) is 0. The number of anilines is 1. The number of thioether (sulfide) groups is 1. The van der Waals surface area contributed by atoms with Crippen LogP contribution in [0.4, 0.5) is 5.69 Å². The fourth-order valence-corrected chi connectivity index (χ4v) is 2.44. The summed E-state index contributed by atoms with van der Waals surface area (Å²) < 4.78 is 0. The Balaban J connectivity index is 2.51. The van der Waals surface area contributed by atoms with Crippen LogP contribution in [0.3, 0.4) is 0 Å². The zero-order valence-corrected chi connectivity index (χ0v) is 9.37. The Morgan fingerprint density at radius 1 is 1.36 bits per heavy atom. The highest BCUT2D eigenvalue weighted by Crippen LogP contribution is 2.39. The lowest BCUT2D eigenvalue weighted by molar-refractivity contribution is -0.114. The fraction of sp³-hybridized carbons (Fsp3) is 0.364. The predicted octanol–water partition coefficient (Wildman–Crippen LogP) is 2.82. The van der Waals surface area contributed by atoms with Gasteiger partial charge in [-0.1, -0.05) is 12.1 Å². The number of hydrogen-bond donors (Lipinski definition) is 1. The Labute approximate surface area is 88.1 Å². The number of fused-ring (bicyclic) bond motifs is 1. The summed E-state index contributed by atoms with van der Waals surface area (Å²) in [5, 5.41) is 3.44. The lowest BCUT2D eigenvalue weighted by Gasteiger charge is -2.32. The zero-order valence-electron chi connectivity index (χ0n) is 8.55. The van der Waals surface area contributed by atoms with Gasteiger partial charge < -0.3 is 5.32 Å². The molecule has 1 aliphatic heterocycles. The molecular formula is C11H13NOS. The summed E-state index contributed by atoms with van der Waals surface area (Å²) >= 11 is 1.34. The van der Waals surface area contributed by atoms with E-state index in [0.717, 1.165) is 16.1 Å². The van der Waals surface area contributed by atoms with E-state index < -0.39 is 5.54 Å². The first kappa shape index (κ1) is 9.59. The smallest absolute Gasteiger partial charge is 0.218 e. The van der Waals surface area contributed by atoms with E-state index in [2.05, 4.69) is 5.32 Å². The van der Waals surface area contributed by atoms with E-state index in [1.54, 1.807) is 0 Å². The van der Waals surface area contributed by atoms with Crippen molar-refractivity contribution >= 4 is 22.6 Å². The summed E-state index contributed by atoms with van der Waals surface area (Å²) in [6.45, 7) is 5.85. The highest BCUT2D eigenvalue weighted by Gasteiger charge is 2.34. The lowest BCUT2D eigenvalue weighted by atomic mass is 10.1. The normalized spacial score (nSPS) is 18.6. The third-order valence-electron chi connectivity index (χ3n) is 2.36. The number of carbonyl (C=O) groups excluding carboxylic acids is 1. The third-order valence-corrected chi connectivity index (χ3v) is 3.81. The van der Waals surface area contributed by atoms with Gasteiger partial charge in [0.2, 0.25) is 5.12 Å². The molecule has 2 nitrogen and oxygen atoms in total. The third kappa shape index (κ3) is 1.42. The first-order valence-electron chi connectivity index (χ1n) is 4.61. The summed E-state index contributed by atoms with van der Waals surface area (Å²) in [5.74, 6) is 0. The van der Waals surface area contributed by atoms with Gasteiger partial charge in [-0.25, -0.2) is 0 Å². The highest BCUT2D eigenvalue weighted by atomic mass is 32.2. The maximum Gasteiger partial charge on any atom is 0.218 e. The topological polar surface area (TPSA) is 29.1 Å². The number of aryl methyl sites for hydroxylation is 1. The van der Waals surface area contributed by atoms with Crippen LogP contribution in [0, 0.1) is 6.92 Å². The molecule has 74 valence electrons. The van der Waals surface area contributed by atoms with Gasteiger partial charge in [-0.2, -0.15) is 0 Å². The first-order valence-corrected chi connectivity index (χ1v) is 5.42. The van der Waals surface area contributed by atoms with Crippen molar-refractivity contribution < 1.29 is 4.79 Å². The Bertz CT molecular complexity index is 398. The summed E-state index contributed by atoms with van der Waals surface area (Å²) in [4.78, 5) is 12.8. The summed E-state index contributed by atoms with van der Waals surface area (Å²) in [6, 6.07) is 6.05. The van der Waals surface area contributed by atoms with Gasteiger partial charge in [-0.3, -0.25) is 4.79 Å². The Morgan fingerprint density at radius 2 is 2.07 bits per heavy atom. The molecule has 0 spiro atoms. The monoisotopic (exact) mass is 207 g/mol. The molecule has 0 amide bonds. The van der Waals surface area contributed by atoms with Crippen LogP contribution in [0.1, 0.15) is 19.4 Å². The standard InChI is InChI=1S/C11H13NOS/c1-7-5-4-6-8-9(7)14-10(13)11(2,3)12-8/h4-6,12H,1-3H3. The van der Waals surface area contributed by atoms with Crippen LogP contribution in [0.25, 0.3) is 0 Å². The molecule has 14 heavy (non-hydrogen) atoms. The van der Waals surface area contributed by atoms with Crippen LogP contribution < -0.4 is 5.32 Å². The molecule has 2 rings (SSSR count). The molecule has 3 heteroatoms. The number of rotatable bonds is 0. The predicted molar refractivity (Wildman–Crippen MR) is 59.7 cm³/mol. The van der Waals surface area contributed by atoms with Gasteiger partial charge in [0.05, 0.1) is 0 Å². The second-order valence-electron chi connectivity index (χ2n) is 4.09. The molecule has 0 saturated heterocycles. The molecular weight excluding hydrogens is 194 g/mol. The molecule has 0 fully saturated rings. The van der Waals surface area contributed by atoms with E-state index in [0.29, 0.717) is 0 Å². The molecule has 1 heterocycles. The van der Waals surface area contributed by atoms with Crippen LogP contribution in [-0.2, 0) is 4.79 Å². The van der Waals surface area contributed by atoms with E-state index in [1.165, 1.54) is 11.8 Å². The van der Waals surface area contributed by atoms with E-state index in [4.69, 9.17) is 0 Å². The van der Waals surface area contributed by atoms with Gasteiger partial charge >= 0.3 is 0 Å². The van der Waals surface area contributed by atoms with Crippen LogP contribution in [0.2, 0.25) is 0 Å². The number of nitrogens with one attached hydrogen (secondary N) is 1. The number of hydrogen-bond acceptors (Lipinski definition) is 3. The Hall–Kier alpha value is -0.960. The zero-order chi connectivity index (χ0) is 10.3. The van der Waals surface area contributed by atoms with Gasteiger partial charge in [-0.05, 0) is 44.2 Å². The Kier molecular flexibility index (Phi) is 2.07. The van der Waals surface area contributed by atoms with E-state index in [-0.39, 0.29) is 5.12 Å². The highest BCUT2D eigenvalue weighted by molar-refractivity contribution is 8.14. The largest absolute Gasteiger partial charge is 0.372 e. The van der Waals surface area contributed by atoms with Gasteiger partial charge in [-0.15, -0.1) is 0 Å². The molecule has 0 saturated carbocycles. The fourth-order valence-electron chi connectivity index (χ4n) is 1.49. The van der Waals surface area contributed by atoms with Crippen molar-refractivity contribution in [1.29, 1.82) is 0 Å². The van der Waals surface area contributed by atoms with E-state index >= 15 is 0 Å². The van der Waals surface area contributed by atoms with Crippen LogP contribution in [0.5, 0.6) is 0 Å². The van der Waals surface area contributed by atoms with Crippen LogP contribution in [-0.4, -0.2) is 10.7 Å². The molecule has 0 aliphatic carbocycles. The summed E-state index contributed by atoms with van der Waals surface area (Å²) in [6.07, 6.45) is 0. The van der Waals surface area contributed by atoms with Gasteiger partial charge in [0.25, 0.3) is 0 Å². The molecule has 1 aromatic rings. The lowest BCUT2D eigenvalue weighted by Crippen LogP contribution is -2.41. The minimum atomic E-state index is -0.453. The SMILES string of the molecule is Cc1cccc2c1SC(=O)C(C)(C)N2. The molecule has 0 bridgehead atoms. The van der Waals surface area contributed by atoms with Crippen molar-refractivity contribution in [2.75, 3.05) is 5.32 Å². The maximum absolute atomic E-state index is 11.7. The maximum atomic E-state index is 11.7. The van der Waals surface area contributed by atoms with Crippen LogP contribution in [0.15, 0.2) is 23.1 Å². The molecule has 0 unspecified atom stereocenters. The molecule has 0 radical (unpaired) electrons. The summed E-state index contributed by atoms with van der Waals surface area (Å²) in [5.41, 5.74) is 1.77. The van der Waals surface area contributed by atoms with Gasteiger partial charge in [0.15, 0.2) is 0 Å². The second kappa shape index (κ2) is 3.02. The van der Waals surface area contributed by atoms with Gasteiger partial charge in [0.1, 0.15) is 5.54 Å². The van der Waals surface area contributed by atoms with Crippen molar-refractivity contribution in [1.82, 2.24) is 0 Å². The minimum absolute atomic E-state index is 0.180. The average Bonchev–Trinajstić information content (AvgIpc) is 2.08. The second-order valence-corrected chi connectivity index (χ2v) is 5.07. The van der Waals surface area contributed by atoms with Crippen molar-refractivity contribution in [3.63, 3.8) is 0 Å². The number of carbonyl (C=O) groups is 1. The van der Waals surface area contributed by atoms with Crippen molar-refractivity contribution in [3.8, 4) is 0 Å². The Morgan fingerprint density at radius 3 is 2.79 bits per heavy atom. The minimum Gasteiger partial charge on any atom is -0.372 e. The van der Waals surface area contributed by atoms with E-state index in [1.807, 2.05) is 39.0 Å².